The van der Waals surface area contributed by atoms with E-state index >= 15 is 0 Å². The molecule has 0 saturated carbocycles. The number of fused-ring (bicyclic) bond motifs is 1. The number of aryl methyl sites for hydroxylation is 1. The number of carbonyl (C=O) groups is 1. The van der Waals surface area contributed by atoms with Crippen molar-refractivity contribution in [3.05, 3.63) is 96.6 Å². The number of carbonyl (C=O) groups excluding carboxylic acids is 1. The summed E-state index contributed by atoms with van der Waals surface area (Å²) in [6.07, 6.45) is 3.59. The fourth-order valence-corrected chi connectivity index (χ4v) is 3.21. The van der Waals surface area contributed by atoms with Gasteiger partial charge in [0.15, 0.2) is 6.61 Å². The van der Waals surface area contributed by atoms with Crippen molar-refractivity contribution in [2.45, 2.75) is 6.04 Å². The van der Waals surface area contributed by atoms with E-state index in [1.165, 1.54) is 0 Å². The molecule has 0 radical (unpaired) electrons. The minimum Gasteiger partial charge on any atom is -0.484 e. The minimum absolute atomic E-state index is 0.0634. The molecule has 5 nitrogen and oxygen atoms in total. The Hall–Kier alpha value is -3.60. The van der Waals surface area contributed by atoms with Crippen LogP contribution >= 0.6 is 0 Å². The molecule has 0 spiro atoms. The van der Waals surface area contributed by atoms with E-state index < -0.39 is 0 Å². The van der Waals surface area contributed by atoms with Crippen LogP contribution < -0.4 is 10.1 Å². The number of nitrogens with one attached hydrogen (secondary N) is 1. The van der Waals surface area contributed by atoms with E-state index in [0.717, 1.165) is 22.2 Å². The van der Waals surface area contributed by atoms with E-state index in [1.807, 2.05) is 90.6 Å². The first kappa shape index (κ1) is 17.8. The normalized spacial score (nSPS) is 11.9. The quantitative estimate of drug-likeness (QED) is 0.560. The Kier molecular flexibility index (Phi) is 5.06. The predicted molar refractivity (Wildman–Crippen MR) is 109 cm³/mol. The third kappa shape index (κ3) is 3.88. The highest BCUT2D eigenvalue weighted by molar-refractivity contribution is 5.84. The van der Waals surface area contributed by atoms with Crippen molar-refractivity contribution in [2.24, 2.45) is 7.05 Å². The lowest BCUT2D eigenvalue weighted by Crippen LogP contribution is -2.34. The van der Waals surface area contributed by atoms with Crippen LogP contribution in [0.3, 0.4) is 0 Å². The summed E-state index contributed by atoms with van der Waals surface area (Å²) in [6.45, 7) is -0.0634. The largest absolute Gasteiger partial charge is 0.484 e. The molecule has 0 fully saturated rings. The van der Waals surface area contributed by atoms with Crippen molar-refractivity contribution in [1.82, 2.24) is 14.9 Å². The second-order valence-corrected chi connectivity index (χ2v) is 6.61. The average molecular weight is 371 g/mol. The number of benzene rings is 3. The average Bonchev–Trinajstić information content (AvgIpc) is 3.16. The van der Waals surface area contributed by atoms with Gasteiger partial charge < -0.3 is 14.6 Å². The first-order valence-corrected chi connectivity index (χ1v) is 9.14. The predicted octanol–water partition coefficient (Wildman–Crippen LogP) is 3.86. The summed E-state index contributed by atoms with van der Waals surface area (Å²) >= 11 is 0. The molecule has 28 heavy (non-hydrogen) atoms. The molecule has 1 amide bonds. The van der Waals surface area contributed by atoms with Gasteiger partial charge in [0.2, 0.25) is 0 Å². The van der Waals surface area contributed by atoms with Gasteiger partial charge in [-0.1, -0.05) is 60.7 Å². The Labute approximate surface area is 163 Å². The van der Waals surface area contributed by atoms with E-state index in [1.54, 1.807) is 6.20 Å². The van der Waals surface area contributed by atoms with E-state index in [4.69, 9.17) is 4.74 Å². The van der Waals surface area contributed by atoms with Crippen LogP contribution in [0.25, 0.3) is 10.8 Å². The maximum absolute atomic E-state index is 12.6. The lowest BCUT2D eigenvalue weighted by Gasteiger charge is -2.19. The van der Waals surface area contributed by atoms with Crippen LogP contribution in [0.2, 0.25) is 0 Å². The van der Waals surface area contributed by atoms with Crippen LogP contribution in [-0.2, 0) is 11.8 Å². The smallest absolute Gasteiger partial charge is 0.258 e. The third-order valence-electron chi connectivity index (χ3n) is 4.65. The highest BCUT2D eigenvalue weighted by atomic mass is 16.5. The number of imidazole rings is 1. The number of aromatic nitrogens is 2. The molecule has 1 unspecified atom stereocenters. The Balaban J connectivity index is 1.47. The van der Waals surface area contributed by atoms with Gasteiger partial charge in [-0.15, -0.1) is 0 Å². The number of ether oxygens (including phenoxy) is 1. The summed E-state index contributed by atoms with van der Waals surface area (Å²) in [4.78, 5) is 17.0. The molecule has 5 heteroatoms. The van der Waals surface area contributed by atoms with Crippen molar-refractivity contribution in [3.8, 4) is 5.75 Å². The summed E-state index contributed by atoms with van der Waals surface area (Å²) in [5.74, 6) is 1.23. The van der Waals surface area contributed by atoms with Gasteiger partial charge in [-0.2, -0.15) is 0 Å². The molecule has 1 atom stereocenters. The molecule has 0 saturated heterocycles. The van der Waals surface area contributed by atoms with Crippen LogP contribution in [0.5, 0.6) is 5.75 Å². The summed E-state index contributed by atoms with van der Waals surface area (Å²) in [7, 11) is 1.91. The van der Waals surface area contributed by atoms with Gasteiger partial charge >= 0.3 is 0 Å². The van der Waals surface area contributed by atoms with Crippen LogP contribution in [0, 0.1) is 0 Å². The zero-order valence-corrected chi connectivity index (χ0v) is 15.6. The molecular formula is C23H21N3O2. The van der Waals surface area contributed by atoms with Crippen molar-refractivity contribution in [1.29, 1.82) is 0 Å². The molecule has 4 rings (SSSR count). The zero-order chi connectivity index (χ0) is 19.3. The van der Waals surface area contributed by atoms with Gasteiger partial charge in [-0.05, 0) is 28.5 Å². The summed E-state index contributed by atoms with van der Waals surface area (Å²) in [5.41, 5.74) is 0.968. The lowest BCUT2D eigenvalue weighted by molar-refractivity contribution is -0.123. The second kappa shape index (κ2) is 7.96. The van der Waals surface area contributed by atoms with Crippen LogP contribution in [0.4, 0.5) is 0 Å². The van der Waals surface area contributed by atoms with Gasteiger partial charge in [-0.3, -0.25) is 4.79 Å². The highest BCUT2D eigenvalue weighted by Gasteiger charge is 2.20. The molecule has 0 aliphatic heterocycles. The zero-order valence-electron chi connectivity index (χ0n) is 15.6. The Morgan fingerprint density at radius 1 is 1.04 bits per heavy atom. The molecule has 1 N–H and O–H groups in total. The number of amides is 1. The van der Waals surface area contributed by atoms with E-state index in [-0.39, 0.29) is 18.6 Å². The maximum atomic E-state index is 12.6. The molecule has 4 aromatic rings. The van der Waals surface area contributed by atoms with E-state index in [9.17, 15) is 4.79 Å². The molecule has 0 bridgehead atoms. The van der Waals surface area contributed by atoms with E-state index in [2.05, 4.69) is 10.3 Å². The number of hydrogen-bond donors (Lipinski definition) is 1. The molecule has 1 heterocycles. The van der Waals surface area contributed by atoms with Gasteiger partial charge in [0.1, 0.15) is 17.6 Å². The molecule has 1 aromatic heterocycles. The van der Waals surface area contributed by atoms with Crippen molar-refractivity contribution in [2.75, 3.05) is 6.61 Å². The minimum atomic E-state index is -0.339. The van der Waals surface area contributed by atoms with Crippen molar-refractivity contribution >= 4 is 16.7 Å². The first-order chi connectivity index (χ1) is 13.7. The molecular weight excluding hydrogens is 350 g/mol. The number of hydrogen-bond acceptors (Lipinski definition) is 3. The Bertz CT molecular complexity index is 1090. The van der Waals surface area contributed by atoms with Crippen LogP contribution in [0.15, 0.2) is 85.2 Å². The fraction of sp³-hybridized carbons (Fsp3) is 0.130. The Morgan fingerprint density at radius 2 is 1.79 bits per heavy atom. The highest BCUT2D eigenvalue weighted by Crippen LogP contribution is 2.22. The Morgan fingerprint density at radius 3 is 2.54 bits per heavy atom. The van der Waals surface area contributed by atoms with Crippen LogP contribution in [-0.4, -0.2) is 22.1 Å². The summed E-state index contributed by atoms with van der Waals surface area (Å²) in [6, 6.07) is 23.3. The van der Waals surface area contributed by atoms with Gasteiger partial charge in [0, 0.05) is 19.4 Å². The molecule has 3 aromatic carbocycles. The first-order valence-electron chi connectivity index (χ1n) is 9.14. The second-order valence-electron chi connectivity index (χ2n) is 6.61. The standard InChI is InChI=1S/C23H21N3O2/c1-26-14-13-24-23(26)22(18-8-3-2-4-9-18)25-21(27)16-28-20-12-11-17-7-5-6-10-19(17)15-20/h2-15,22H,16H2,1H3,(H,25,27). The molecule has 140 valence electrons. The fourth-order valence-electron chi connectivity index (χ4n) is 3.21. The third-order valence-corrected chi connectivity index (χ3v) is 4.65. The van der Waals surface area contributed by atoms with Gasteiger partial charge in [-0.25, -0.2) is 4.98 Å². The number of nitrogens with zero attached hydrogens (tertiary/aromatic N) is 2. The molecule has 0 aliphatic carbocycles. The van der Waals surface area contributed by atoms with E-state index in [0.29, 0.717) is 5.75 Å². The molecule has 0 aliphatic rings. The van der Waals surface area contributed by atoms with Crippen molar-refractivity contribution < 1.29 is 9.53 Å². The van der Waals surface area contributed by atoms with Gasteiger partial charge in [0.05, 0.1) is 0 Å². The summed E-state index contributed by atoms with van der Waals surface area (Å²) < 4.78 is 7.63. The monoisotopic (exact) mass is 371 g/mol. The van der Waals surface area contributed by atoms with Gasteiger partial charge in [0.25, 0.3) is 5.91 Å². The lowest BCUT2D eigenvalue weighted by atomic mass is 10.1. The van der Waals surface area contributed by atoms with Crippen molar-refractivity contribution in [3.63, 3.8) is 0 Å². The SMILES string of the molecule is Cn1ccnc1C(NC(=O)COc1ccc2ccccc2c1)c1ccccc1. The topological polar surface area (TPSA) is 56.2 Å². The maximum Gasteiger partial charge on any atom is 0.258 e. The number of rotatable bonds is 6. The summed E-state index contributed by atoms with van der Waals surface area (Å²) in [5, 5.41) is 5.25. The van der Waals surface area contributed by atoms with Crippen LogP contribution in [0.1, 0.15) is 17.4 Å².